The van der Waals surface area contributed by atoms with Gasteiger partial charge in [-0.05, 0) is 43.7 Å². The minimum atomic E-state index is -1.05. The van der Waals surface area contributed by atoms with Crippen molar-refractivity contribution in [2.75, 3.05) is 6.61 Å². The van der Waals surface area contributed by atoms with Crippen LogP contribution < -0.4 is 10.1 Å². The Morgan fingerprint density at radius 3 is 2.60 bits per heavy atom. The minimum Gasteiger partial charge on any atom is -0.493 e. The molecule has 1 atom stereocenters. The molecule has 7 heteroatoms. The molecule has 152 valence electrons. The fourth-order valence-corrected chi connectivity index (χ4v) is 4.33. The average molecular weight is 402 g/mol. The summed E-state index contributed by atoms with van der Waals surface area (Å²) in [7, 11) is 0. The Bertz CT molecular complexity index is 1150. The number of urea groups is 1. The lowest BCUT2D eigenvalue weighted by Crippen LogP contribution is -2.47. The fourth-order valence-electron chi connectivity index (χ4n) is 4.33. The predicted molar refractivity (Wildman–Crippen MR) is 110 cm³/mol. The first-order valence-corrected chi connectivity index (χ1v) is 9.97. The Labute approximate surface area is 174 Å². The van der Waals surface area contributed by atoms with Gasteiger partial charge in [0.2, 0.25) is 0 Å². The minimum absolute atomic E-state index is 0.215. The van der Waals surface area contributed by atoms with Crippen molar-refractivity contribution in [3.63, 3.8) is 0 Å². The van der Waals surface area contributed by atoms with Crippen LogP contribution in [0.3, 0.4) is 0 Å². The van der Waals surface area contributed by atoms with E-state index in [9.17, 15) is 9.59 Å². The monoisotopic (exact) mass is 402 g/mol. The number of hydrogen-bond acceptors (Lipinski definition) is 4. The Balaban J connectivity index is 1.41. The van der Waals surface area contributed by atoms with Crippen LogP contribution >= 0.6 is 0 Å². The third kappa shape index (κ3) is 2.77. The molecule has 0 saturated carbocycles. The van der Waals surface area contributed by atoms with E-state index in [-0.39, 0.29) is 18.5 Å². The van der Waals surface area contributed by atoms with Crippen LogP contribution in [0.2, 0.25) is 0 Å². The predicted octanol–water partition coefficient (Wildman–Crippen LogP) is 3.22. The van der Waals surface area contributed by atoms with Crippen LogP contribution in [0.1, 0.15) is 28.9 Å². The lowest BCUT2D eigenvalue weighted by molar-refractivity contribution is -0.133. The van der Waals surface area contributed by atoms with Gasteiger partial charge >= 0.3 is 6.03 Å². The Hall–Kier alpha value is -3.61. The molecule has 1 unspecified atom stereocenters. The fraction of sp³-hybridized carbons (Fsp3) is 0.261. The van der Waals surface area contributed by atoms with Crippen molar-refractivity contribution in [1.29, 1.82) is 0 Å². The molecule has 2 aliphatic heterocycles. The second kappa shape index (κ2) is 6.73. The molecule has 1 saturated heterocycles. The van der Waals surface area contributed by atoms with Crippen molar-refractivity contribution in [3.8, 4) is 11.4 Å². The quantitative estimate of drug-likeness (QED) is 0.683. The van der Waals surface area contributed by atoms with Crippen molar-refractivity contribution >= 4 is 11.9 Å². The SMILES string of the molecule is Cc1cc(C)n(-c2ccc(CN3C(=O)NC4(CCOc5ccccc54)C3=O)cc2)n1. The third-order valence-electron chi connectivity index (χ3n) is 5.79. The highest BCUT2D eigenvalue weighted by atomic mass is 16.5. The first-order chi connectivity index (χ1) is 14.5. The summed E-state index contributed by atoms with van der Waals surface area (Å²) in [6, 6.07) is 16.8. The maximum Gasteiger partial charge on any atom is 0.325 e. The number of hydrogen-bond donors (Lipinski definition) is 1. The second-order valence-electron chi connectivity index (χ2n) is 7.83. The van der Waals surface area contributed by atoms with Gasteiger partial charge in [0.1, 0.15) is 5.75 Å². The number of rotatable bonds is 3. The second-order valence-corrected chi connectivity index (χ2v) is 7.83. The Morgan fingerprint density at radius 2 is 1.87 bits per heavy atom. The molecule has 7 nitrogen and oxygen atoms in total. The van der Waals surface area contributed by atoms with Crippen LogP contribution in [-0.4, -0.2) is 33.2 Å². The summed E-state index contributed by atoms with van der Waals surface area (Å²) >= 11 is 0. The lowest BCUT2D eigenvalue weighted by atomic mass is 9.84. The molecule has 1 fully saturated rings. The molecule has 2 aromatic carbocycles. The van der Waals surface area contributed by atoms with Crippen molar-refractivity contribution in [2.24, 2.45) is 0 Å². The largest absolute Gasteiger partial charge is 0.493 e. The first-order valence-electron chi connectivity index (χ1n) is 9.97. The zero-order chi connectivity index (χ0) is 20.9. The number of nitrogens with zero attached hydrogens (tertiary/aromatic N) is 3. The number of aryl methyl sites for hydroxylation is 2. The smallest absolute Gasteiger partial charge is 0.325 e. The number of carbonyl (C=O) groups excluding carboxylic acids is 2. The zero-order valence-electron chi connectivity index (χ0n) is 16.9. The number of amides is 3. The van der Waals surface area contributed by atoms with Gasteiger partial charge < -0.3 is 10.1 Å². The van der Waals surface area contributed by atoms with Gasteiger partial charge in [0.15, 0.2) is 5.54 Å². The van der Waals surface area contributed by atoms with Gasteiger partial charge in [-0.1, -0.05) is 30.3 Å². The number of imide groups is 1. The van der Waals surface area contributed by atoms with Gasteiger partial charge in [0, 0.05) is 17.7 Å². The van der Waals surface area contributed by atoms with Crippen LogP contribution in [0.15, 0.2) is 54.6 Å². The van der Waals surface area contributed by atoms with Gasteiger partial charge in [-0.25, -0.2) is 9.48 Å². The molecule has 0 aliphatic carbocycles. The summed E-state index contributed by atoms with van der Waals surface area (Å²) in [5.74, 6) is 0.416. The lowest BCUT2D eigenvalue weighted by Gasteiger charge is -2.33. The molecule has 3 heterocycles. The normalized spacial score (nSPS) is 20.3. The van der Waals surface area contributed by atoms with Gasteiger partial charge in [-0.2, -0.15) is 5.10 Å². The number of ether oxygens (including phenoxy) is 1. The van der Waals surface area contributed by atoms with Crippen LogP contribution in [0.5, 0.6) is 5.75 Å². The van der Waals surface area contributed by atoms with Crippen LogP contribution in [0.25, 0.3) is 5.69 Å². The molecule has 2 aliphatic rings. The molecule has 0 bridgehead atoms. The zero-order valence-corrected chi connectivity index (χ0v) is 16.9. The van der Waals surface area contributed by atoms with Crippen molar-refractivity contribution in [3.05, 3.63) is 77.1 Å². The highest BCUT2D eigenvalue weighted by molar-refractivity contribution is 6.07. The van der Waals surface area contributed by atoms with Gasteiger partial charge in [0.05, 0.1) is 24.5 Å². The van der Waals surface area contributed by atoms with Crippen molar-refractivity contribution in [2.45, 2.75) is 32.4 Å². The summed E-state index contributed by atoms with van der Waals surface area (Å²) in [6.07, 6.45) is 0.419. The molecule has 0 radical (unpaired) electrons. The summed E-state index contributed by atoms with van der Waals surface area (Å²) in [4.78, 5) is 27.4. The number of carbonyl (C=O) groups is 2. The van der Waals surface area contributed by atoms with Gasteiger partial charge in [-0.15, -0.1) is 0 Å². The average Bonchev–Trinajstić information content (AvgIpc) is 3.20. The van der Waals surface area contributed by atoms with E-state index in [1.54, 1.807) is 0 Å². The highest BCUT2D eigenvalue weighted by Gasteiger charge is 2.54. The Kier molecular flexibility index (Phi) is 4.13. The summed E-state index contributed by atoms with van der Waals surface area (Å²) < 4.78 is 7.56. The van der Waals surface area contributed by atoms with Crippen LogP contribution in [0, 0.1) is 13.8 Å². The molecular formula is C23H22N4O3. The summed E-state index contributed by atoms with van der Waals surface area (Å²) in [5, 5.41) is 7.43. The standard InChI is InChI=1S/C23H22N4O3/c1-15-13-16(2)27(25-15)18-9-7-17(8-10-18)14-26-21(28)23(24-22(26)29)11-12-30-20-6-4-3-5-19(20)23/h3-10,13H,11-12,14H2,1-2H3,(H,24,29). The maximum atomic E-state index is 13.4. The van der Waals surface area contributed by atoms with E-state index in [1.165, 1.54) is 4.90 Å². The Morgan fingerprint density at radius 1 is 1.10 bits per heavy atom. The van der Waals surface area contributed by atoms with Crippen molar-refractivity contribution in [1.82, 2.24) is 20.0 Å². The van der Waals surface area contributed by atoms with E-state index in [1.807, 2.05) is 73.1 Å². The molecule has 5 rings (SSSR count). The number of benzene rings is 2. The molecule has 1 spiro atoms. The molecular weight excluding hydrogens is 380 g/mol. The number of para-hydroxylation sites is 1. The molecule has 3 amide bonds. The van der Waals surface area contributed by atoms with E-state index in [0.29, 0.717) is 18.8 Å². The van der Waals surface area contributed by atoms with E-state index in [2.05, 4.69) is 10.4 Å². The van der Waals surface area contributed by atoms with E-state index >= 15 is 0 Å². The van der Waals surface area contributed by atoms with Crippen molar-refractivity contribution < 1.29 is 14.3 Å². The third-order valence-corrected chi connectivity index (χ3v) is 5.79. The molecule has 1 aromatic heterocycles. The van der Waals surface area contributed by atoms with Gasteiger partial charge in [0.25, 0.3) is 5.91 Å². The highest BCUT2D eigenvalue weighted by Crippen LogP contribution is 2.41. The summed E-state index contributed by atoms with van der Waals surface area (Å²) in [6.45, 7) is 4.56. The number of nitrogens with one attached hydrogen (secondary N) is 1. The molecule has 1 N–H and O–H groups in total. The molecule has 3 aromatic rings. The topological polar surface area (TPSA) is 76.5 Å². The number of fused-ring (bicyclic) bond motifs is 2. The molecule has 30 heavy (non-hydrogen) atoms. The van der Waals surface area contributed by atoms with E-state index < -0.39 is 5.54 Å². The maximum absolute atomic E-state index is 13.4. The number of aromatic nitrogens is 2. The van der Waals surface area contributed by atoms with Gasteiger partial charge in [-0.3, -0.25) is 9.69 Å². The van der Waals surface area contributed by atoms with Crippen LogP contribution in [0.4, 0.5) is 4.79 Å². The first kappa shape index (κ1) is 18.4. The van der Waals surface area contributed by atoms with Crippen LogP contribution in [-0.2, 0) is 16.9 Å². The summed E-state index contributed by atoms with van der Waals surface area (Å²) in [5.41, 5.74) is 3.50. The van der Waals surface area contributed by atoms with E-state index in [4.69, 9.17) is 4.74 Å². The van der Waals surface area contributed by atoms with E-state index in [0.717, 1.165) is 28.2 Å².